The van der Waals surface area contributed by atoms with Gasteiger partial charge in [0.05, 0.1) is 19.3 Å². The Morgan fingerprint density at radius 2 is 1.47 bits per heavy atom. The summed E-state index contributed by atoms with van der Waals surface area (Å²) in [6.07, 6.45) is 8.07. The van der Waals surface area contributed by atoms with Crippen LogP contribution in [0.4, 0.5) is 0 Å². The van der Waals surface area contributed by atoms with Crippen LogP contribution in [0.2, 0.25) is 0 Å². The van der Waals surface area contributed by atoms with Crippen molar-refractivity contribution in [2.24, 2.45) is 0 Å². The third-order valence-corrected chi connectivity index (χ3v) is 5.55. The van der Waals surface area contributed by atoms with Gasteiger partial charge in [0.2, 0.25) is 0 Å². The quantitative estimate of drug-likeness (QED) is 0.158. The van der Waals surface area contributed by atoms with E-state index in [9.17, 15) is 4.79 Å². The molecule has 0 aliphatic heterocycles. The monoisotopic (exact) mass is 468 g/mol. The van der Waals surface area contributed by atoms with Crippen molar-refractivity contribution in [1.82, 2.24) is 0 Å². The van der Waals surface area contributed by atoms with Gasteiger partial charge in [-0.2, -0.15) is 0 Å². The molecule has 0 saturated heterocycles. The first kappa shape index (κ1) is 27.5. The molecule has 0 amide bonds. The Kier molecular flexibility index (Phi) is 12.9. The Balaban J connectivity index is 1.82. The zero-order valence-electron chi connectivity index (χ0n) is 20.8. The number of ether oxygens (including phenoxy) is 3. The molecule has 0 aromatic heterocycles. The number of carbonyl (C=O) groups is 1. The number of hydrogen-bond donors (Lipinski definition) is 1. The Morgan fingerprint density at radius 1 is 0.853 bits per heavy atom. The first-order valence-electron chi connectivity index (χ1n) is 12.5. The van der Waals surface area contributed by atoms with E-state index in [-0.39, 0.29) is 18.7 Å². The molecule has 0 spiro atoms. The highest BCUT2D eigenvalue weighted by molar-refractivity contribution is 5.86. The number of aliphatic hydroxyl groups excluding tert-OH is 1. The lowest BCUT2D eigenvalue weighted by atomic mass is 10.0. The second-order valence-electron chi connectivity index (χ2n) is 8.62. The molecule has 0 fully saturated rings. The molecule has 2 rings (SSSR count). The number of carbonyl (C=O) groups excluding carboxylic acids is 1. The molecule has 1 unspecified atom stereocenters. The van der Waals surface area contributed by atoms with Gasteiger partial charge >= 0.3 is 5.97 Å². The standard InChI is InChI=1S/C29H40O5/c1-4-5-10-27(11-7-6-8-21-33-29(31)23(2)3)34-28-18-14-25(15-19-28)24-12-16-26(17-13-24)32-22-9-20-30/h12-19,27,30H,2,4-11,20-22H2,1,3H3. The maximum Gasteiger partial charge on any atom is 0.333 e. The van der Waals surface area contributed by atoms with Gasteiger partial charge in [0.1, 0.15) is 11.5 Å². The fourth-order valence-corrected chi connectivity index (χ4v) is 3.55. The number of rotatable bonds is 17. The van der Waals surface area contributed by atoms with E-state index in [4.69, 9.17) is 19.3 Å². The lowest BCUT2D eigenvalue weighted by molar-refractivity contribution is -0.139. The van der Waals surface area contributed by atoms with Crippen molar-refractivity contribution in [3.05, 3.63) is 60.7 Å². The predicted molar refractivity (Wildman–Crippen MR) is 137 cm³/mol. The molecule has 2 aromatic carbocycles. The normalized spacial score (nSPS) is 11.6. The molecule has 1 atom stereocenters. The van der Waals surface area contributed by atoms with Crippen LogP contribution in [-0.2, 0) is 9.53 Å². The Bertz CT molecular complexity index is 842. The molecule has 2 aromatic rings. The second kappa shape index (κ2) is 15.9. The summed E-state index contributed by atoms with van der Waals surface area (Å²) in [5.74, 6) is 1.39. The molecular weight excluding hydrogens is 428 g/mol. The molecule has 0 aliphatic carbocycles. The van der Waals surface area contributed by atoms with Crippen molar-refractivity contribution >= 4 is 5.97 Å². The second-order valence-corrected chi connectivity index (χ2v) is 8.62. The third-order valence-electron chi connectivity index (χ3n) is 5.55. The number of unbranched alkanes of at least 4 members (excludes halogenated alkanes) is 3. The first-order chi connectivity index (χ1) is 16.5. The lowest BCUT2D eigenvalue weighted by Crippen LogP contribution is -2.16. The van der Waals surface area contributed by atoms with Gasteiger partial charge in [-0.3, -0.25) is 0 Å². The van der Waals surface area contributed by atoms with Crippen LogP contribution < -0.4 is 9.47 Å². The maximum absolute atomic E-state index is 11.4. The van der Waals surface area contributed by atoms with E-state index >= 15 is 0 Å². The minimum Gasteiger partial charge on any atom is -0.494 e. The zero-order valence-corrected chi connectivity index (χ0v) is 20.8. The summed E-state index contributed by atoms with van der Waals surface area (Å²) in [5.41, 5.74) is 2.69. The van der Waals surface area contributed by atoms with E-state index in [1.165, 1.54) is 0 Å². The van der Waals surface area contributed by atoms with Crippen LogP contribution in [0.15, 0.2) is 60.7 Å². The molecule has 0 saturated carbocycles. The molecule has 34 heavy (non-hydrogen) atoms. The maximum atomic E-state index is 11.4. The van der Waals surface area contributed by atoms with Crippen LogP contribution in [0.5, 0.6) is 11.5 Å². The van der Waals surface area contributed by atoms with Crippen LogP contribution in [0.25, 0.3) is 11.1 Å². The predicted octanol–water partition coefficient (Wildman–Crippen LogP) is 6.73. The van der Waals surface area contributed by atoms with E-state index in [1.807, 2.05) is 36.4 Å². The SMILES string of the molecule is C=C(C)C(=O)OCCCCCC(CCCC)Oc1ccc(-c2ccc(OCCCO)cc2)cc1. The van der Waals surface area contributed by atoms with Crippen molar-refractivity contribution in [2.75, 3.05) is 19.8 Å². The van der Waals surface area contributed by atoms with Crippen LogP contribution in [-0.4, -0.2) is 37.0 Å². The summed E-state index contributed by atoms with van der Waals surface area (Å²) < 4.78 is 17.1. The van der Waals surface area contributed by atoms with Crippen LogP contribution in [0, 0.1) is 0 Å². The summed E-state index contributed by atoms with van der Waals surface area (Å²) in [6.45, 7) is 8.56. The Morgan fingerprint density at radius 3 is 2.06 bits per heavy atom. The van der Waals surface area contributed by atoms with Crippen molar-refractivity contribution in [3.8, 4) is 22.6 Å². The van der Waals surface area contributed by atoms with Crippen molar-refractivity contribution in [3.63, 3.8) is 0 Å². The highest BCUT2D eigenvalue weighted by Crippen LogP contribution is 2.26. The number of esters is 1. The molecule has 5 heteroatoms. The van der Waals surface area contributed by atoms with Crippen molar-refractivity contribution < 1.29 is 24.1 Å². The topological polar surface area (TPSA) is 65.0 Å². The third kappa shape index (κ3) is 10.4. The van der Waals surface area contributed by atoms with Gasteiger partial charge in [-0.1, -0.05) is 50.6 Å². The van der Waals surface area contributed by atoms with E-state index in [0.29, 0.717) is 25.2 Å². The van der Waals surface area contributed by atoms with Gasteiger partial charge in [0.15, 0.2) is 0 Å². The van der Waals surface area contributed by atoms with E-state index < -0.39 is 0 Å². The van der Waals surface area contributed by atoms with Crippen LogP contribution in [0.3, 0.4) is 0 Å². The Hall–Kier alpha value is -2.79. The largest absolute Gasteiger partial charge is 0.494 e. The lowest BCUT2D eigenvalue weighted by Gasteiger charge is -2.19. The minimum absolute atomic E-state index is 0.138. The van der Waals surface area contributed by atoms with Crippen LogP contribution in [0.1, 0.15) is 65.2 Å². The zero-order chi connectivity index (χ0) is 24.6. The van der Waals surface area contributed by atoms with E-state index in [2.05, 4.69) is 25.6 Å². The van der Waals surface area contributed by atoms with Crippen LogP contribution >= 0.6 is 0 Å². The summed E-state index contributed by atoms with van der Waals surface area (Å²) in [6, 6.07) is 16.3. The summed E-state index contributed by atoms with van der Waals surface area (Å²) in [4.78, 5) is 11.4. The highest BCUT2D eigenvalue weighted by atomic mass is 16.5. The highest BCUT2D eigenvalue weighted by Gasteiger charge is 2.11. The summed E-state index contributed by atoms with van der Waals surface area (Å²) in [7, 11) is 0. The molecule has 0 radical (unpaired) electrons. The van der Waals surface area contributed by atoms with Crippen molar-refractivity contribution in [1.29, 1.82) is 0 Å². The molecule has 0 aliphatic rings. The molecule has 5 nitrogen and oxygen atoms in total. The fourth-order valence-electron chi connectivity index (χ4n) is 3.55. The van der Waals surface area contributed by atoms with E-state index in [1.54, 1.807) is 6.92 Å². The van der Waals surface area contributed by atoms with Gasteiger partial charge in [0, 0.05) is 18.6 Å². The average Bonchev–Trinajstić information content (AvgIpc) is 2.85. The summed E-state index contributed by atoms with van der Waals surface area (Å²) >= 11 is 0. The van der Waals surface area contributed by atoms with Crippen molar-refractivity contribution in [2.45, 2.75) is 71.3 Å². The number of benzene rings is 2. The van der Waals surface area contributed by atoms with Gasteiger partial charge in [-0.05, 0) is 74.4 Å². The first-order valence-corrected chi connectivity index (χ1v) is 12.5. The molecular formula is C29H40O5. The molecule has 186 valence electrons. The van der Waals surface area contributed by atoms with E-state index in [0.717, 1.165) is 67.6 Å². The molecule has 1 N–H and O–H groups in total. The van der Waals surface area contributed by atoms with Gasteiger partial charge in [-0.25, -0.2) is 4.79 Å². The fraction of sp³-hybridized carbons (Fsp3) is 0.483. The van der Waals surface area contributed by atoms with Gasteiger partial charge in [0.25, 0.3) is 0 Å². The average molecular weight is 469 g/mol. The minimum atomic E-state index is -0.310. The Labute approximate surface area is 204 Å². The molecule has 0 bridgehead atoms. The number of hydrogen-bond acceptors (Lipinski definition) is 5. The molecule has 0 heterocycles. The smallest absolute Gasteiger partial charge is 0.333 e. The summed E-state index contributed by atoms with van der Waals surface area (Å²) in [5, 5.41) is 8.85. The van der Waals surface area contributed by atoms with Gasteiger partial charge < -0.3 is 19.3 Å². The number of aliphatic hydroxyl groups is 1. The van der Waals surface area contributed by atoms with Gasteiger partial charge in [-0.15, -0.1) is 0 Å².